The Morgan fingerprint density at radius 3 is 1.60 bits per heavy atom. The second kappa shape index (κ2) is 13.8. The first-order valence-electron chi connectivity index (χ1n) is 18.5. The fourth-order valence-corrected chi connectivity index (χ4v) is 7.65. The summed E-state index contributed by atoms with van der Waals surface area (Å²) in [5.74, 6) is 0.678. The van der Waals surface area contributed by atoms with Crippen LogP contribution in [0.1, 0.15) is 0 Å². The van der Waals surface area contributed by atoms with E-state index in [1.165, 1.54) is 16.2 Å². The molecule has 2 aromatic heterocycles. The Hall–Kier alpha value is -7.43. The number of para-hydroxylation sites is 3. The van der Waals surface area contributed by atoms with Gasteiger partial charge in [-0.3, -0.25) is 0 Å². The van der Waals surface area contributed by atoms with Crippen LogP contribution in [0.4, 0.5) is 17.1 Å². The zero-order valence-electron chi connectivity index (χ0n) is 29.9. The number of fused-ring (bicyclic) bond motifs is 5. The summed E-state index contributed by atoms with van der Waals surface area (Å²) in [6, 6.07) is 72.0. The molecule has 0 aliphatic rings. The van der Waals surface area contributed by atoms with Crippen LogP contribution < -0.4 is 4.90 Å². The summed E-state index contributed by atoms with van der Waals surface area (Å²) in [6.07, 6.45) is 0. The predicted molar refractivity (Wildman–Crippen MR) is 229 cm³/mol. The minimum Gasteiger partial charge on any atom is -0.311 e. The lowest BCUT2D eigenvalue weighted by molar-refractivity contribution is 1.18. The van der Waals surface area contributed by atoms with Gasteiger partial charge in [0.2, 0.25) is 0 Å². The fourth-order valence-electron chi connectivity index (χ4n) is 7.65. The molecule has 10 rings (SSSR count). The van der Waals surface area contributed by atoms with Crippen molar-refractivity contribution in [2.24, 2.45) is 0 Å². The number of rotatable bonds is 7. The Kier molecular flexibility index (Phi) is 8.12. The number of benzene rings is 8. The minimum absolute atomic E-state index is 0.678. The van der Waals surface area contributed by atoms with Gasteiger partial charge in [0.05, 0.1) is 22.6 Å². The normalized spacial score (nSPS) is 11.3. The maximum atomic E-state index is 5.58. The lowest BCUT2D eigenvalue weighted by Gasteiger charge is -2.25. The van der Waals surface area contributed by atoms with Crippen LogP contribution >= 0.6 is 0 Å². The molecule has 0 aliphatic heterocycles. The van der Waals surface area contributed by atoms with Crippen LogP contribution in [0.2, 0.25) is 0 Å². The van der Waals surface area contributed by atoms with Crippen molar-refractivity contribution < 1.29 is 0 Å². The van der Waals surface area contributed by atoms with E-state index in [0.29, 0.717) is 5.82 Å². The lowest BCUT2D eigenvalue weighted by atomic mass is 9.93. The van der Waals surface area contributed by atoms with Crippen LogP contribution in [-0.4, -0.2) is 15.0 Å². The highest BCUT2D eigenvalue weighted by Crippen LogP contribution is 2.42. The van der Waals surface area contributed by atoms with Gasteiger partial charge in [0, 0.05) is 55.5 Å². The number of hydrogen-bond donors (Lipinski definition) is 0. The van der Waals surface area contributed by atoms with Gasteiger partial charge in [-0.05, 0) is 53.2 Å². The molecule has 10 aromatic rings. The Morgan fingerprint density at radius 2 is 0.909 bits per heavy atom. The van der Waals surface area contributed by atoms with Crippen LogP contribution in [0.15, 0.2) is 206 Å². The summed E-state index contributed by atoms with van der Waals surface area (Å²) in [4.78, 5) is 18.2. The molecule has 0 aliphatic carbocycles. The number of hydrogen-bond acceptors (Lipinski definition) is 4. The van der Waals surface area contributed by atoms with Crippen molar-refractivity contribution >= 4 is 49.5 Å². The van der Waals surface area contributed by atoms with Gasteiger partial charge in [0.1, 0.15) is 0 Å². The van der Waals surface area contributed by atoms with E-state index < -0.39 is 0 Å². The van der Waals surface area contributed by atoms with E-state index in [0.717, 1.165) is 72.7 Å². The van der Waals surface area contributed by atoms with E-state index in [2.05, 4.69) is 175 Å². The third-order valence-electron chi connectivity index (χ3n) is 10.2. The number of pyridine rings is 1. The second-order valence-corrected chi connectivity index (χ2v) is 13.6. The van der Waals surface area contributed by atoms with Gasteiger partial charge in [-0.1, -0.05) is 164 Å². The average molecular weight is 703 g/mol. The van der Waals surface area contributed by atoms with Crippen molar-refractivity contribution in [2.45, 2.75) is 0 Å². The van der Waals surface area contributed by atoms with Gasteiger partial charge in [-0.2, -0.15) is 0 Å². The molecule has 0 N–H and O–H groups in total. The van der Waals surface area contributed by atoms with Gasteiger partial charge in [-0.25, -0.2) is 15.0 Å². The smallest absolute Gasteiger partial charge is 0.160 e. The summed E-state index contributed by atoms with van der Waals surface area (Å²) in [7, 11) is 0. The summed E-state index contributed by atoms with van der Waals surface area (Å²) in [5, 5.41) is 5.76. The minimum atomic E-state index is 0.678. The monoisotopic (exact) mass is 702 g/mol. The molecule has 55 heavy (non-hydrogen) atoms. The van der Waals surface area contributed by atoms with E-state index in [1.54, 1.807) is 0 Å². The quantitative estimate of drug-likeness (QED) is 0.155. The third kappa shape index (κ3) is 5.96. The van der Waals surface area contributed by atoms with E-state index in [9.17, 15) is 0 Å². The molecule has 4 nitrogen and oxygen atoms in total. The van der Waals surface area contributed by atoms with Crippen molar-refractivity contribution in [2.75, 3.05) is 4.90 Å². The summed E-state index contributed by atoms with van der Waals surface area (Å²) in [5.41, 5.74) is 10.8. The number of nitrogens with zero attached hydrogens (tertiary/aromatic N) is 4. The van der Waals surface area contributed by atoms with Crippen LogP contribution in [-0.2, 0) is 0 Å². The summed E-state index contributed by atoms with van der Waals surface area (Å²) in [6.45, 7) is 0. The van der Waals surface area contributed by atoms with Gasteiger partial charge in [0.25, 0.3) is 0 Å². The topological polar surface area (TPSA) is 41.9 Å². The molecule has 2 heterocycles. The maximum Gasteiger partial charge on any atom is 0.160 e. The molecule has 0 fully saturated rings. The van der Waals surface area contributed by atoms with E-state index in [4.69, 9.17) is 15.0 Å². The van der Waals surface area contributed by atoms with Crippen LogP contribution in [0.3, 0.4) is 0 Å². The standard InChI is InChI=1S/C51H34N4/c1-5-17-36(18-6-1)46-34-47(53-51(52-46)38-19-7-2-8-20-38)43-26-15-27-44-48-42-25-14-13-16-35(42)30-33-45(48)49(54-50(43)44)37-28-31-41(32-29-37)55(39-21-9-3-10-22-39)40-23-11-4-12-24-40/h1-34H. The SMILES string of the molecule is c1ccc(-c2cc(-c3cccc4c3nc(-c3ccc(N(c5ccccc5)c5ccccc5)cc3)c3ccc5ccccc5c34)nc(-c3ccccc3)n2)cc1. The molecule has 0 amide bonds. The number of aromatic nitrogens is 3. The number of anilines is 3. The molecule has 258 valence electrons. The van der Waals surface area contributed by atoms with E-state index >= 15 is 0 Å². The molecular weight excluding hydrogens is 669 g/mol. The molecule has 8 aromatic carbocycles. The van der Waals surface area contributed by atoms with Crippen LogP contribution in [0.25, 0.3) is 77.6 Å². The third-order valence-corrected chi connectivity index (χ3v) is 10.2. The largest absolute Gasteiger partial charge is 0.311 e. The Labute approximate surface area is 319 Å². The van der Waals surface area contributed by atoms with Gasteiger partial charge in [0.15, 0.2) is 5.82 Å². The Balaban J connectivity index is 1.21. The molecule has 0 radical (unpaired) electrons. The molecule has 0 saturated carbocycles. The van der Waals surface area contributed by atoms with E-state index in [-0.39, 0.29) is 0 Å². The van der Waals surface area contributed by atoms with Crippen molar-refractivity contribution in [1.82, 2.24) is 15.0 Å². The maximum absolute atomic E-state index is 5.58. The summed E-state index contributed by atoms with van der Waals surface area (Å²) >= 11 is 0. The van der Waals surface area contributed by atoms with Gasteiger partial charge >= 0.3 is 0 Å². The fraction of sp³-hybridized carbons (Fsp3) is 0. The zero-order valence-corrected chi connectivity index (χ0v) is 29.9. The van der Waals surface area contributed by atoms with Gasteiger partial charge < -0.3 is 4.90 Å². The lowest BCUT2D eigenvalue weighted by Crippen LogP contribution is -2.09. The van der Waals surface area contributed by atoms with Crippen molar-refractivity contribution in [3.05, 3.63) is 206 Å². The van der Waals surface area contributed by atoms with E-state index in [1.807, 2.05) is 36.4 Å². The highest BCUT2D eigenvalue weighted by molar-refractivity contribution is 6.23. The molecule has 0 bridgehead atoms. The second-order valence-electron chi connectivity index (χ2n) is 13.6. The molecule has 0 unspecified atom stereocenters. The molecule has 4 heteroatoms. The van der Waals surface area contributed by atoms with Crippen molar-refractivity contribution in [3.8, 4) is 45.2 Å². The first-order chi connectivity index (χ1) is 27.3. The zero-order chi connectivity index (χ0) is 36.6. The highest BCUT2D eigenvalue weighted by atomic mass is 15.1. The Bertz CT molecular complexity index is 2850. The highest BCUT2D eigenvalue weighted by Gasteiger charge is 2.19. The van der Waals surface area contributed by atoms with Crippen LogP contribution in [0, 0.1) is 0 Å². The van der Waals surface area contributed by atoms with Crippen LogP contribution in [0.5, 0.6) is 0 Å². The summed E-state index contributed by atoms with van der Waals surface area (Å²) < 4.78 is 0. The first kappa shape index (κ1) is 32.2. The Morgan fingerprint density at radius 1 is 0.345 bits per heavy atom. The average Bonchev–Trinajstić information content (AvgIpc) is 3.27. The molecule has 0 saturated heterocycles. The molecular formula is C51H34N4. The van der Waals surface area contributed by atoms with Gasteiger partial charge in [-0.15, -0.1) is 0 Å². The molecule has 0 spiro atoms. The predicted octanol–water partition coefficient (Wildman–Crippen LogP) is 13.5. The molecule has 0 atom stereocenters. The van der Waals surface area contributed by atoms with Crippen molar-refractivity contribution in [1.29, 1.82) is 0 Å². The van der Waals surface area contributed by atoms with Crippen molar-refractivity contribution in [3.63, 3.8) is 0 Å². The first-order valence-corrected chi connectivity index (χ1v) is 18.5.